The van der Waals surface area contributed by atoms with Crippen molar-refractivity contribution < 1.29 is 4.74 Å². The van der Waals surface area contributed by atoms with Gasteiger partial charge in [0.1, 0.15) is 11.8 Å². The van der Waals surface area contributed by atoms with Crippen LogP contribution in [0.25, 0.3) is 0 Å². The van der Waals surface area contributed by atoms with E-state index < -0.39 is 0 Å². The number of hydrogen-bond acceptors (Lipinski definition) is 4. The molecule has 4 nitrogen and oxygen atoms in total. The molecular weight excluding hydrogens is 226 g/mol. The third-order valence-electron chi connectivity index (χ3n) is 2.56. The predicted molar refractivity (Wildman–Crippen MR) is 71.8 cm³/mol. The van der Waals surface area contributed by atoms with Crippen molar-refractivity contribution in [2.75, 3.05) is 18.2 Å². The minimum Gasteiger partial charge on any atom is -0.495 e. The highest BCUT2D eigenvalue weighted by Gasteiger charge is 2.03. The van der Waals surface area contributed by atoms with Gasteiger partial charge < -0.3 is 15.8 Å². The van der Waals surface area contributed by atoms with E-state index in [1.807, 2.05) is 30.3 Å². The minimum atomic E-state index is 0.456. The van der Waals surface area contributed by atoms with Gasteiger partial charge in [-0.05, 0) is 30.3 Å². The molecule has 0 aromatic heterocycles. The van der Waals surface area contributed by atoms with Crippen molar-refractivity contribution in [2.45, 2.75) is 0 Å². The van der Waals surface area contributed by atoms with Gasteiger partial charge in [-0.3, -0.25) is 0 Å². The number of ether oxygens (including phenoxy) is 1. The summed E-state index contributed by atoms with van der Waals surface area (Å²) in [6, 6.07) is 14.8. The lowest BCUT2D eigenvalue weighted by molar-refractivity contribution is 0.417. The average molecular weight is 239 g/mol. The van der Waals surface area contributed by atoms with Crippen molar-refractivity contribution >= 4 is 17.1 Å². The van der Waals surface area contributed by atoms with E-state index in [2.05, 4.69) is 5.32 Å². The maximum Gasteiger partial charge on any atom is 0.142 e. The van der Waals surface area contributed by atoms with E-state index in [1.165, 1.54) is 0 Å². The van der Waals surface area contributed by atoms with E-state index in [4.69, 9.17) is 15.7 Å². The van der Waals surface area contributed by atoms with E-state index in [9.17, 15) is 0 Å². The Labute approximate surface area is 106 Å². The molecule has 90 valence electrons. The van der Waals surface area contributed by atoms with Gasteiger partial charge in [0.15, 0.2) is 0 Å². The van der Waals surface area contributed by atoms with E-state index in [0.717, 1.165) is 17.1 Å². The molecule has 0 amide bonds. The third kappa shape index (κ3) is 2.36. The standard InChI is InChI=1S/C14H13N3O/c1-18-14-5-3-2-4-13(14)17-11-7-6-10(9-15)12(16)8-11/h2-8,17H,16H2,1H3. The van der Waals surface area contributed by atoms with E-state index in [-0.39, 0.29) is 0 Å². The third-order valence-corrected chi connectivity index (χ3v) is 2.56. The van der Waals surface area contributed by atoms with Gasteiger partial charge in [-0.2, -0.15) is 5.26 Å². The maximum atomic E-state index is 8.81. The number of benzene rings is 2. The number of hydrogen-bond donors (Lipinski definition) is 2. The molecule has 0 heterocycles. The first-order valence-corrected chi connectivity index (χ1v) is 5.44. The van der Waals surface area contributed by atoms with Crippen molar-refractivity contribution in [3.05, 3.63) is 48.0 Å². The van der Waals surface area contributed by atoms with Crippen LogP contribution in [0.2, 0.25) is 0 Å². The summed E-state index contributed by atoms with van der Waals surface area (Å²) in [4.78, 5) is 0. The number of nitriles is 1. The molecule has 0 radical (unpaired) electrons. The summed E-state index contributed by atoms with van der Waals surface area (Å²) in [5.74, 6) is 0.750. The van der Waals surface area contributed by atoms with E-state index in [0.29, 0.717) is 11.3 Å². The van der Waals surface area contributed by atoms with Gasteiger partial charge in [0, 0.05) is 5.69 Å². The first-order chi connectivity index (χ1) is 8.74. The molecule has 2 aromatic rings. The van der Waals surface area contributed by atoms with Gasteiger partial charge in [0.2, 0.25) is 0 Å². The van der Waals surface area contributed by atoms with Crippen LogP contribution in [-0.2, 0) is 0 Å². The molecular formula is C14H13N3O. The highest BCUT2D eigenvalue weighted by molar-refractivity contribution is 5.70. The van der Waals surface area contributed by atoms with E-state index in [1.54, 1.807) is 25.3 Å². The lowest BCUT2D eigenvalue weighted by atomic mass is 10.1. The Morgan fingerprint density at radius 1 is 1.22 bits per heavy atom. The zero-order chi connectivity index (χ0) is 13.0. The summed E-state index contributed by atoms with van der Waals surface area (Å²) in [6.45, 7) is 0. The second-order valence-corrected chi connectivity index (χ2v) is 3.74. The first kappa shape index (κ1) is 11.8. The number of nitrogen functional groups attached to an aromatic ring is 1. The van der Waals surface area contributed by atoms with Gasteiger partial charge >= 0.3 is 0 Å². The van der Waals surface area contributed by atoms with Crippen LogP contribution in [0.5, 0.6) is 5.75 Å². The number of nitrogens with two attached hydrogens (primary N) is 1. The highest BCUT2D eigenvalue weighted by atomic mass is 16.5. The quantitative estimate of drug-likeness (QED) is 0.808. The van der Waals surface area contributed by atoms with Crippen LogP contribution in [0.4, 0.5) is 17.1 Å². The Morgan fingerprint density at radius 3 is 2.67 bits per heavy atom. The molecule has 2 rings (SSSR count). The van der Waals surface area contributed by atoms with Crippen LogP contribution in [-0.4, -0.2) is 7.11 Å². The second-order valence-electron chi connectivity index (χ2n) is 3.74. The molecule has 18 heavy (non-hydrogen) atoms. The number of para-hydroxylation sites is 2. The van der Waals surface area contributed by atoms with Gasteiger partial charge in [-0.1, -0.05) is 12.1 Å². The fourth-order valence-electron chi connectivity index (χ4n) is 1.65. The molecule has 0 bridgehead atoms. The van der Waals surface area contributed by atoms with Crippen LogP contribution in [0, 0.1) is 11.3 Å². The Kier molecular flexibility index (Phi) is 3.35. The summed E-state index contributed by atoms with van der Waals surface area (Å²) in [6.07, 6.45) is 0. The van der Waals surface area contributed by atoms with Gasteiger partial charge in [-0.25, -0.2) is 0 Å². The summed E-state index contributed by atoms with van der Waals surface area (Å²) in [7, 11) is 1.62. The van der Waals surface area contributed by atoms with Crippen LogP contribution in [0.1, 0.15) is 5.56 Å². The first-order valence-electron chi connectivity index (χ1n) is 5.44. The lowest BCUT2D eigenvalue weighted by Crippen LogP contribution is -1.96. The molecule has 0 saturated carbocycles. The molecule has 3 N–H and O–H groups in total. The molecule has 0 aliphatic rings. The van der Waals surface area contributed by atoms with E-state index >= 15 is 0 Å². The number of nitrogens with one attached hydrogen (secondary N) is 1. The lowest BCUT2D eigenvalue weighted by Gasteiger charge is -2.11. The van der Waals surface area contributed by atoms with Crippen LogP contribution in [0.15, 0.2) is 42.5 Å². The fourth-order valence-corrected chi connectivity index (χ4v) is 1.65. The van der Waals surface area contributed by atoms with Crippen molar-refractivity contribution in [1.82, 2.24) is 0 Å². The summed E-state index contributed by atoms with van der Waals surface area (Å²) in [5.41, 5.74) is 8.36. The molecule has 0 atom stereocenters. The monoisotopic (exact) mass is 239 g/mol. The van der Waals surface area contributed by atoms with Crippen molar-refractivity contribution in [1.29, 1.82) is 5.26 Å². The van der Waals surface area contributed by atoms with Gasteiger partial charge in [0.05, 0.1) is 24.0 Å². The zero-order valence-electron chi connectivity index (χ0n) is 9.97. The highest BCUT2D eigenvalue weighted by Crippen LogP contribution is 2.28. The largest absolute Gasteiger partial charge is 0.495 e. The Bertz CT molecular complexity index is 602. The number of methoxy groups -OCH3 is 1. The van der Waals surface area contributed by atoms with Crippen LogP contribution < -0.4 is 15.8 Å². The van der Waals surface area contributed by atoms with Crippen molar-refractivity contribution in [3.63, 3.8) is 0 Å². The maximum absolute atomic E-state index is 8.81. The minimum absolute atomic E-state index is 0.456. The Balaban J connectivity index is 2.29. The number of nitrogens with zero attached hydrogens (tertiary/aromatic N) is 1. The number of rotatable bonds is 3. The number of anilines is 3. The van der Waals surface area contributed by atoms with Crippen molar-refractivity contribution in [2.24, 2.45) is 0 Å². The Morgan fingerprint density at radius 2 is 2.00 bits per heavy atom. The molecule has 0 saturated heterocycles. The smallest absolute Gasteiger partial charge is 0.142 e. The SMILES string of the molecule is COc1ccccc1Nc1ccc(C#N)c(N)c1. The van der Waals surface area contributed by atoms with Crippen molar-refractivity contribution in [3.8, 4) is 11.8 Å². The molecule has 0 spiro atoms. The normalized spacial score (nSPS) is 9.56. The summed E-state index contributed by atoms with van der Waals surface area (Å²) >= 11 is 0. The summed E-state index contributed by atoms with van der Waals surface area (Å²) in [5, 5.41) is 12.0. The van der Waals surface area contributed by atoms with Gasteiger partial charge in [-0.15, -0.1) is 0 Å². The molecule has 0 fully saturated rings. The molecule has 2 aromatic carbocycles. The molecule has 0 aliphatic heterocycles. The Hall–Kier alpha value is -2.67. The van der Waals surface area contributed by atoms with Gasteiger partial charge in [0.25, 0.3) is 0 Å². The van der Waals surface area contributed by atoms with Crippen LogP contribution in [0.3, 0.4) is 0 Å². The molecule has 4 heteroatoms. The van der Waals surface area contributed by atoms with Crippen LogP contribution >= 0.6 is 0 Å². The predicted octanol–water partition coefficient (Wildman–Crippen LogP) is 2.89. The topological polar surface area (TPSA) is 71.1 Å². The molecule has 0 aliphatic carbocycles. The zero-order valence-corrected chi connectivity index (χ0v) is 9.97. The molecule has 0 unspecified atom stereocenters. The summed E-state index contributed by atoms with van der Waals surface area (Å²) < 4.78 is 5.25. The second kappa shape index (κ2) is 5.11. The fraction of sp³-hybridized carbons (Fsp3) is 0.0714. The average Bonchev–Trinajstić information content (AvgIpc) is 2.39.